The predicted octanol–water partition coefficient (Wildman–Crippen LogP) is 4.28. The molecule has 0 amide bonds. The van der Waals surface area contributed by atoms with E-state index in [1.54, 1.807) is 11.8 Å². The lowest BCUT2D eigenvalue weighted by molar-refractivity contribution is -0.713. The molecule has 0 aliphatic carbocycles. The highest BCUT2D eigenvalue weighted by Crippen LogP contribution is 2.30. The number of aromatic nitrogens is 3. The number of pyridine rings is 1. The molecule has 4 aromatic rings. The fourth-order valence-electron chi connectivity index (χ4n) is 3.56. The molecule has 0 unspecified atom stereocenters. The Morgan fingerprint density at radius 1 is 0.903 bits per heavy atom. The summed E-state index contributed by atoms with van der Waals surface area (Å²) in [6.45, 7) is 0.946. The van der Waals surface area contributed by atoms with Gasteiger partial charge in [-0.05, 0) is 39.3 Å². The Morgan fingerprint density at radius 3 is 2.45 bits per heavy atom. The topological polar surface area (TPSA) is 23.9 Å². The van der Waals surface area contributed by atoms with Crippen LogP contribution in [0.4, 0.5) is 5.69 Å². The van der Waals surface area contributed by atoms with Crippen LogP contribution in [0.1, 0.15) is 11.1 Å². The van der Waals surface area contributed by atoms with Crippen LogP contribution in [0.3, 0.4) is 0 Å². The second-order valence-corrected chi connectivity index (χ2v) is 8.70. The Balaban J connectivity index is 1.53. The molecule has 0 saturated carbocycles. The van der Waals surface area contributed by atoms with E-state index >= 15 is 0 Å². The molecule has 2 heterocycles. The molecule has 0 bridgehead atoms. The van der Waals surface area contributed by atoms with Crippen molar-refractivity contribution in [2.75, 3.05) is 24.2 Å². The summed E-state index contributed by atoms with van der Waals surface area (Å²) in [7, 11) is 6.24. The van der Waals surface area contributed by atoms with E-state index in [-0.39, 0.29) is 0 Å². The number of benzene rings is 2. The quantitative estimate of drug-likeness (QED) is 0.249. The average molecular weight is 429 g/mol. The molecular formula is C26H28N4S+2. The number of thioether (sulfide) groups is 1. The fourth-order valence-corrected chi connectivity index (χ4v) is 4.50. The molecule has 0 radical (unpaired) electrons. The van der Waals surface area contributed by atoms with E-state index in [4.69, 9.17) is 0 Å². The van der Waals surface area contributed by atoms with Crippen LogP contribution < -0.4 is 14.0 Å². The summed E-state index contributed by atoms with van der Waals surface area (Å²) in [6, 6.07) is 19.3. The summed E-state index contributed by atoms with van der Waals surface area (Å²) >= 11 is 1.78. The van der Waals surface area contributed by atoms with Crippen molar-refractivity contribution in [1.82, 2.24) is 4.98 Å². The minimum absolute atomic E-state index is 0.946. The maximum Gasteiger partial charge on any atom is 0.358 e. The van der Waals surface area contributed by atoms with Gasteiger partial charge in [-0.2, -0.15) is 0 Å². The highest BCUT2D eigenvalue weighted by molar-refractivity contribution is 7.99. The molecule has 0 spiro atoms. The van der Waals surface area contributed by atoms with Gasteiger partial charge in [-0.1, -0.05) is 42.5 Å². The smallest absolute Gasteiger partial charge is 0.358 e. The van der Waals surface area contributed by atoms with E-state index in [9.17, 15) is 0 Å². The number of anilines is 1. The van der Waals surface area contributed by atoms with Crippen LogP contribution in [0.15, 0.2) is 84.5 Å². The molecule has 2 aromatic heterocycles. The zero-order valence-electron chi connectivity index (χ0n) is 18.3. The fraction of sp³-hybridized carbons (Fsp3) is 0.192. The van der Waals surface area contributed by atoms with Gasteiger partial charge in [-0.15, -0.1) is 0 Å². The molecule has 4 nitrogen and oxygen atoms in total. The molecule has 5 heteroatoms. The number of fused-ring (bicyclic) bond motifs is 1. The first-order valence-electron chi connectivity index (χ1n) is 10.4. The number of rotatable bonds is 7. The van der Waals surface area contributed by atoms with Gasteiger partial charge in [0, 0.05) is 48.6 Å². The number of hydrogen-bond acceptors (Lipinski definition) is 3. The second-order valence-electron chi connectivity index (χ2n) is 7.63. The Hall–Kier alpha value is -3.18. The van der Waals surface area contributed by atoms with Crippen molar-refractivity contribution in [1.29, 1.82) is 0 Å². The lowest BCUT2D eigenvalue weighted by Crippen LogP contribution is -2.31. The minimum atomic E-state index is 0.946. The highest BCUT2D eigenvalue weighted by Gasteiger charge is 2.11. The normalized spacial score (nSPS) is 11.3. The summed E-state index contributed by atoms with van der Waals surface area (Å²) in [6.07, 6.45) is 12.4. The third kappa shape index (κ3) is 5.12. The van der Waals surface area contributed by atoms with Gasteiger partial charge in [0.2, 0.25) is 0 Å². The van der Waals surface area contributed by atoms with Crippen LogP contribution in [0.5, 0.6) is 0 Å². The monoisotopic (exact) mass is 428 g/mol. The summed E-state index contributed by atoms with van der Waals surface area (Å²) < 4.78 is 4.11. The summed E-state index contributed by atoms with van der Waals surface area (Å²) in [5, 5.41) is 3.59. The summed E-state index contributed by atoms with van der Waals surface area (Å²) in [4.78, 5) is 6.79. The van der Waals surface area contributed by atoms with Crippen LogP contribution >= 0.6 is 11.8 Å². The Labute approximate surface area is 188 Å². The summed E-state index contributed by atoms with van der Waals surface area (Å²) in [5.74, 6) is 0.975. The SMILES string of the molecule is CN(CCSc1nccc[n+]1C)c1ccc(/C=C/c2cc[n+](C)cc2)c2ccccc12. The van der Waals surface area contributed by atoms with Gasteiger partial charge in [-0.25, -0.2) is 9.13 Å². The van der Waals surface area contributed by atoms with Gasteiger partial charge in [0.05, 0.1) is 13.2 Å². The molecule has 0 aliphatic heterocycles. The Bertz CT molecular complexity index is 1200. The van der Waals surface area contributed by atoms with E-state index in [0.717, 1.165) is 17.5 Å². The van der Waals surface area contributed by atoms with Gasteiger partial charge in [-0.3, -0.25) is 0 Å². The van der Waals surface area contributed by atoms with Gasteiger partial charge < -0.3 is 4.90 Å². The van der Waals surface area contributed by atoms with Crippen molar-refractivity contribution in [3.05, 3.63) is 90.5 Å². The third-order valence-corrected chi connectivity index (χ3v) is 6.38. The third-order valence-electron chi connectivity index (χ3n) is 5.35. The molecule has 0 atom stereocenters. The van der Waals surface area contributed by atoms with Gasteiger partial charge in [0.15, 0.2) is 12.4 Å². The maximum absolute atomic E-state index is 4.46. The molecule has 0 fully saturated rings. The minimum Gasteiger partial charge on any atom is -0.373 e. The molecule has 0 N–H and O–H groups in total. The van der Waals surface area contributed by atoms with Crippen LogP contribution in [0.2, 0.25) is 0 Å². The second kappa shape index (κ2) is 9.75. The van der Waals surface area contributed by atoms with Crippen LogP contribution in [0.25, 0.3) is 22.9 Å². The van der Waals surface area contributed by atoms with E-state index in [2.05, 4.69) is 94.6 Å². The van der Waals surface area contributed by atoms with E-state index in [0.29, 0.717) is 0 Å². The molecular weight excluding hydrogens is 400 g/mol. The lowest BCUT2D eigenvalue weighted by Gasteiger charge is -2.21. The molecule has 2 aromatic carbocycles. The van der Waals surface area contributed by atoms with Crippen LogP contribution in [-0.2, 0) is 14.1 Å². The van der Waals surface area contributed by atoms with Crippen molar-refractivity contribution in [2.24, 2.45) is 14.1 Å². The van der Waals surface area contributed by atoms with Gasteiger partial charge in [0.25, 0.3) is 0 Å². The Kier molecular flexibility index (Phi) is 6.63. The number of hydrogen-bond donors (Lipinski definition) is 0. The largest absolute Gasteiger partial charge is 0.373 e. The molecule has 31 heavy (non-hydrogen) atoms. The highest BCUT2D eigenvalue weighted by atomic mass is 32.2. The number of aryl methyl sites for hydroxylation is 2. The molecule has 156 valence electrons. The average Bonchev–Trinajstić information content (AvgIpc) is 2.79. The van der Waals surface area contributed by atoms with Gasteiger partial charge in [0.1, 0.15) is 13.2 Å². The van der Waals surface area contributed by atoms with Crippen molar-refractivity contribution in [3.8, 4) is 0 Å². The Morgan fingerprint density at radius 2 is 1.68 bits per heavy atom. The van der Waals surface area contributed by atoms with Crippen molar-refractivity contribution >= 4 is 40.4 Å². The zero-order chi connectivity index (χ0) is 21.6. The maximum atomic E-state index is 4.46. The molecule has 0 aliphatic rings. The van der Waals surface area contributed by atoms with E-state index in [1.807, 2.05) is 37.1 Å². The molecule has 0 saturated heterocycles. The first kappa shape index (κ1) is 21.1. The van der Waals surface area contributed by atoms with E-state index in [1.165, 1.54) is 27.6 Å². The first-order valence-corrected chi connectivity index (χ1v) is 11.4. The van der Waals surface area contributed by atoms with Crippen LogP contribution in [0, 0.1) is 0 Å². The van der Waals surface area contributed by atoms with Crippen molar-refractivity contribution in [2.45, 2.75) is 5.16 Å². The first-order chi connectivity index (χ1) is 15.1. The molecule has 4 rings (SSSR count). The zero-order valence-corrected chi connectivity index (χ0v) is 19.1. The van der Waals surface area contributed by atoms with Crippen molar-refractivity contribution < 1.29 is 9.13 Å². The van der Waals surface area contributed by atoms with Gasteiger partial charge >= 0.3 is 5.16 Å². The standard InChI is InChI=1S/C26H28N4S/c1-28-17-13-21(14-18-28)9-10-22-11-12-25(24-8-5-4-7-23(22)24)29(2)19-20-31-26-27-15-6-16-30(26)3/h4-18H,19-20H2,1-3H3/q+2. The number of nitrogens with zero attached hydrogens (tertiary/aromatic N) is 4. The predicted molar refractivity (Wildman–Crippen MR) is 130 cm³/mol. The summed E-state index contributed by atoms with van der Waals surface area (Å²) in [5.41, 5.74) is 3.68. The lowest BCUT2D eigenvalue weighted by atomic mass is 10.0. The van der Waals surface area contributed by atoms with E-state index < -0.39 is 0 Å². The van der Waals surface area contributed by atoms with Crippen LogP contribution in [-0.4, -0.2) is 24.3 Å². The van der Waals surface area contributed by atoms with Crippen molar-refractivity contribution in [3.63, 3.8) is 0 Å².